The SMILES string of the molecule is COC(=O)C(O)CNC(=O)c1cnn2ccncc12. The fourth-order valence-electron chi connectivity index (χ4n) is 1.51. The van der Waals surface area contributed by atoms with E-state index in [0.717, 1.165) is 7.11 Å². The second kappa shape index (κ2) is 5.44. The molecule has 0 radical (unpaired) electrons. The molecule has 1 amide bonds. The molecule has 0 aliphatic carbocycles. The van der Waals surface area contributed by atoms with Gasteiger partial charge in [0.25, 0.3) is 5.91 Å². The summed E-state index contributed by atoms with van der Waals surface area (Å²) in [4.78, 5) is 26.8. The molecule has 0 saturated heterocycles. The van der Waals surface area contributed by atoms with Crippen molar-refractivity contribution in [1.29, 1.82) is 0 Å². The van der Waals surface area contributed by atoms with Crippen LogP contribution in [0, 0.1) is 0 Å². The first-order chi connectivity index (χ1) is 9.13. The lowest BCUT2D eigenvalue weighted by molar-refractivity contribution is -0.149. The maximum atomic E-state index is 11.9. The number of hydrogen-bond acceptors (Lipinski definition) is 6. The van der Waals surface area contributed by atoms with Gasteiger partial charge >= 0.3 is 5.97 Å². The maximum Gasteiger partial charge on any atom is 0.336 e. The number of nitrogens with zero attached hydrogens (tertiary/aromatic N) is 3. The summed E-state index contributed by atoms with van der Waals surface area (Å²) in [7, 11) is 1.16. The summed E-state index contributed by atoms with van der Waals surface area (Å²) in [5.41, 5.74) is 0.845. The van der Waals surface area contributed by atoms with E-state index in [4.69, 9.17) is 0 Å². The van der Waals surface area contributed by atoms with E-state index in [-0.39, 0.29) is 6.54 Å². The van der Waals surface area contributed by atoms with Crippen LogP contribution in [0.25, 0.3) is 5.52 Å². The third-order valence-electron chi connectivity index (χ3n) is 2.50. The van der Waals surface area contributed by atoms with Crippen molar-refractivity contribution in [1.82, 2.24) is 19.9 Å². The van der Waals surface area contributed by atoms with E-state index in [1.165, 1.54) is 16.9 Å². The molecule has 8 nitrogen and oxygen atoms in total. The van der Waals surface area contributed by atoms with Gasteiger partial charge in [-0.2, -0.15) is 5.10 Å². The third-order valence-corrected chi connectivity index (χ3v) is 2.50. The van der Waals surface area contributed by atoms with E-state index in [2.05, 4.69) is 20.1 Å². The van der Waals surface area contributed by atoms with Gasteiger partial charge in [-0.3, -0.25) is 9.78 Å². The minimum Gasteiger partial charge on any atom is -0.467 e. The van der Waals surface area contributed by atoms with Crippen LogP contribution in [0.4, 0.5) is 0 Å². The minimum atomic E-state index is -1.39. The fraction of sp³-hybridized carbons (Fsp3) is 0.273. The highest BCUT2D eigenvalue weighted by Crippen LogP contribution is 2.08. The molecule has 1 unspecified atom stereocenters. The quantitative estimate of drug-likeness (QED) is 0.686. The smallest absolute Gasteiger partial charge is 0.336 e. The van der Waals surface area contributed by atoms with E-state index in [0.29, 0.717) is 11.1 Å². The predicted molar refractivity (Wildman–Crippen MR) is 63.3 cm³/mol. The van der Waals surface area contributed by atoms with E-state index in [1.807, 2.05) is 0 Å². The van der Waals surface area contributed by atoms with Gasteiger partial charge in [-0.05, 0) is 0 Å². The zero-order valence-electron chi connectivity index (χ0n) is 10.1. The monoisotopic (exact) mass is 264 g/mol. The molecule has 0 spiro atoms. The number of aromatic nitrogens is 3. The van der Waals surface area contributed by atoms with Crippen molar-refractivity contribution < 1.29 is 19.4 Å². The number of rotatable bonds is 4. The van der Waals surface area contributed by atoms with Gasteiger partial charge < -0.3 is 15.2 Å². The molecule has 0 bridgehead atoms. The zero-order chi connectivity index (χ0) is 13.8. The van der Waals surface area contributed by atoms with Gasteiger partial charge in [0, 0.05) is 12.4 Å². The van der Waals surface area contributed by atoms with Crippen LogP contribution in [0.5, 0.6) is 0 Å². The number of fused-ring (bicyclic) bond motifs is 1. The van der Waals surface area contributed by atoms with Crippen molar-refractivity contribution in [3.8, 4) is 0 Å². The molecule has 0 aliphatic rings. The average Bonchev–Trinajstić information content (AvgIpc) is 2.87. The molecule has 2 aromatic rings. The van der Waals surface area contributed by atoms with E-state index >= 15 is 0 Å². The highest BCUT2D eigenvalue weighted by atomic mass is 16.5. The maximum absolute atomic E-state index is 11.9. The lowest BCUT2D eigenvalue weighted by Crippen LogP contribution is -2.37. The Balaban J connectivity index is 2.06. The lowest BCUT2D eigenvalue weighted by atomic mass is 10.2. The van der Waals surface area contributed by atoms with Crippen LogP contribution in [-0.2, 0) is 9.53 Å². The van der Waals surface area contributed by atoms with Gasteiger partial charge in [0.05, 0.1) is 37.1 Å². The van der Waals surface area contributed by atoms with Crippen molar-refractivity contribution in [3.05, 3.63) is 30.4 Å². The molecule has 2 rings (SSSR count). The van der Waals surface area contributed by atoms with Crippen LogP contribution in [0.1, 0.15) is 10.4 Å². The summed E-state index contributed by atoms with van der Waals surface area (Å²) in [6, 6.07) is 0. The van der Waals surface area contributed by atoms with Crippen molar-refractivity contribution in [2.75, 3.05) is 13.7 Å². The average molecular weight is 264 g/mol. The Bertz CT molecular complexity index is 610. The molecule has 1 atom stereocenters. The summed E-state index contributed by atoms with van der Waals surface area (Å²) in [5.74, 6) is -1.26. The van der Waals surface area contributed by atoms with E-state index in [1.54, 1.807) is 12.4 Å². The summed E-state index contributed by atoms with van der Waals surface area (Å²) < 4.78 is 5.84. The Kier molecular flexibility index (Phi) is 3.71. The number of amides is 1. The summed E-state index contributed by atoms with van der Waals surface area (Å²) >= 11 is 0. The van der Waals surface area contributed by atoms with Gasteiger partial charge in [-0.1, -0.05) is 0 Å². The zero-order valence-corrected chi connectivity index (χ0v) is 10.1. The van der Waals surface area contributed by atoms with Crippen LogP contribution < -0.4 is 5.32 Å². The highest BCUT2D eigenvalue weighted by molar-refractivity contribution is 6.00. The molecule has 2 heterocycles. The minimum absolute atomic E-state index is 0.233. The fourth-order valence-corrected chi connectivity index (χ4v) is 1.51. The van der Waals surface area contributed by atoms with Crippen molar-refractivity contribution >= 4 is 17.4 Å². The molecule has 0 aromatic carbocycles. The van der Waals surface area contributed by atoms with Gasteiger partial charge in [0.1, 0.15) is 0 Å². The van der Waals surface area contributed by atoms with Gasteiger partial charge in [-0.15, -0.1) is 0 Å². The van der Waals surface area contributed by atoms with Crippen molar-refractivity contribution in [2.45, 2.75) is 6.10 Å². The molecule has 19 heavy (non-hydrogen) atoms. The van der Waals surface area contributed by atoms with Crippen molar-refractivity contribution in [3.63, 3.8) is 0 Å². The molecule has 8 heteroatoms. The summed E-state index contributed by atoms with van der Waals surface area (Å²) in [6.07, 6.45) is 4.64. The first-order valence-electron chi connectivity index (χ1n) is 5.45. The molecule has 2 aromatic heterocycles. The van der Waals surface area contributed by atoms with Crippen LogP contribution in [0.2, 0.25) is 0 Å². The first-order valence-corrected chi connectivity index (χ1v) is 5.45. The van der Waals surface area contributed by atoms with Crippen molar-refractivity contribution in [2.24, 2.45) is 0 Å². The number of ether oxygens (including phenoxy) is 1. The largest absolute Gasteiger partial charge is 0.467 e. The molecule has 100 valence electrons. The highest BCUT2D eigenvalue weighted by Gasteiger charge is 2.18. The number of esters is 1. The Morgan fingerprint density at radius 3 is 3.05 bits per heavy atom. The molecular formula is C11H12N4O4. The standard InChI is InChI=1S/C11H12N4O4/c1-19-11(18)9(16)6-13-10(17)7-4-14-15-3-2-12-5-8(7)15/h2-5,9,16H,6H2,1H3,(H,13,17). The molecule has 0 fully saturated rings. The van der Waals surface area contributed by atoms with E-state index in [9.17, 15) is 14.7 Å². The normalized spacial score (nSPS) is 12.1. The number of nitrogens with one attached hydrogen (secondary N) is 1. The third kappa shape index (κ3) is 2.68. The number of aliphatic hydroxyl groups excluding tert-OH is 1. The second-order valence-electron chi connectivity index (χ2n) is 3.71. The molecule has 2 N–H and O–H groups in total. The predicted octanol–water partition coefficient (Wildman–Crippen LogP) is -1.01. The van der Waals surface area contributed by atoms with Crippen LogP contribution in [0.3, 0.4) is 0 Å². The number of carbonyl (C=O) groups is 2. The second-order valence-corrected chi connectivity index (χ2v) is 3.71. The lowest BCUT2D eigenvalue weighted by Gasteiger charge is -2.09. The summed E-state index contributed by atoms with van der Waals surface area (Å²) in [6.45, 7) is -0.233. The Hall–Kier alpha value is -2.48. The Morgan fingerprint density at radius 1 is 1.53 bits per heavy atom. The van der Waals surface area contributed by atoms with Crippen LogP contribution in [0.15, 0.2) is 24.8 Å². The van der Waals surface area contributed by atoms with Gasteiger partial charge in [0.15, 0.2) is 6.10 Å². The molecule has 0 aliphatic heterocycles. The summed E-state index contributed by atoms with van der Waals surface area (Å²) in [5, 5.41) is 15.8. The van der Waals surface area contributed by atoms with Gasteiger partial charge in [-0.25, -0.2) is 9.31 Å². The Morgan fingerprint density at radius 2 is 2.32 bits per heavy atom. The Labute approximate surface area is 108 Å². The number of aliphatic hydroxyl groups is 1. The number of hydrogen-bond donors (Lipinski definition) is 2. The van der Waals surface area contributed by atoms with E-state index < -0.39 is 18.0 Å². The first kappa shape index (κ1) is 13.0. The topological polar surface area (TPSA) is 106 Å². The number of carbonyl (C=O) groups excluding carboxylic acids is 2. The van der Waals surface area contributed by atoms with Crippen LogP contribution >= 0.6 is 0 Å². The van der Waals surface area contributed by atoms with Gasteiger partial charge in [0.2, 0.25) is 0 Å². The number of methoxy groups -OCH3 is 1. The molecular weight excluding hydrogens is 252 g/mol. The molecule has 0 saturated carbocycles. The van der Waals surface area contributed by atoms with Crippen LogP contribution in [-0.4, -0.2) is 51.3 Å².